The third kappa shape index (κ3) is 4.65. The highest BCUT2D eigenvalue weighted by Gasteiger charge is 2.35. The van der Waals surface area contributed by atoms with Gasteiger partial charge in [0.15, 0.2) is 0 Å². The number of halogens is 2. The van der Waals surface area contributed by atoms with E-state index >= 15 is 0 Å². The largest absolute Gasteiger partial charge is 0.434 e. The molecule has 1 aromatic rings. The normalized spacial score (nSPS) is 26.2. The Balaban J connectivity index is 1.63. The molecule has 0 radical (unpaired) electrons. The molecular formula is C18H26F2N2O2. The Bertz CT molecular complexity index is 538. The third-order valence-corrected chi connectivity index (χ3v) is 4.93. The molecule has 0 bridgehead atoms. The fourth-order valence-electron chi connectivity index (χ4n) is 3.91. The summed E-state index contributed by atoms with van der Waals surface area (Å²) in [6.45, 7) is 1.97. The second-order valence-corrected chi connectivity index (χ2v) is 7.01. The Morgan fingerprint density at radius 3 is 2.54 bits per heavy atom. The van der Waals surface area contributed by atoms with Crippen LogP contribution in [-0.4, -0.2) is 59.8 Å². The fourth-order valence-corrected chi connectivity index (χ4v) is 3.91. The van der Waals surface area contributed by atoms with E-state index in [9.17, 15) is 13.9 Å². The first-order valence-corrected chi connectivity index (χ1v) is 8.74. The van der Waals surface area contributed by atoms with Crippen LogP contribution in [0.1, 0.15) is 31.2 Å². The zero-order valence-electron chi connectivity index (χ0n) is 14.0. The number of alkyl halides is 2. The molecule has 134 valence electrons. The van der Waals surface area contributed by atoms with Crippen LogP contribution in [-0.2, 0) is 6.54 Å². The first kappa shape index (κ1) is 17.6. The molecule has 1 N–H and O–H groups in total. The van der Waals surface area contributed by atoms with Gasteiger partial charge in [-0.25, -0.2) is 0 Å². The zero-order valence-corrected chi connectivity index (χ0v) is 14.0. The highest BCUT2D eigenvalue weighted by Crippen LogP contribution is 2.28. The second kappa shape index (κ2) is 7.76. The van der Waals surface area contributed by atoms with Crippen molar-refractivity contribution in [3.05, 3.63) is 29.8 Å². The van der Waals surface area contributed by atoms with Gasteiger partial charge in [-0.2, -0.15) is 8.78 Å². The molecule has 2 aliphatic rings. The van der Waals surface area contributed by atoms with Crippen LogP contribution in [0, 0.1) is 0 Å². The number of piperidine rings is 1. The first-order chi connectivity index (χ1) is 11.5. The average Bonchev–Trinajstić information content (AvgIpc) is 3.01. The lowest BCUT2D eigenvalue weighted by atomic mass is 9.92. The number of nitrogens with zero attached hydrogens (tertiary/aromatic N) is 2. The Morgan fingerprint density at radius 2 is 1.79 bits per heavy atom. The Morgan fingerprint density at radius 1 is 1.08 bits per heavy atom. The van der Waals surface area contributed by atoms with Crippen molar-refractivity contribution in [2.45, 2.75) is 44.4 Å². The van der Waals surface area contributed by atoms with Crippen molar-refractivity contribution in [1.82, 2.24) is 9.80 Å². The summed E-state index contributed by atoms with van der Waals surface area (Å²) in [5.41, 5.74) is 0.0319. The van der Waals surface area contributed by atoms with Crippen molar-refractivity contribution in [3.8, 4) is 5.75 Å². The van der Waals surface area contributed by atoms with Gasteiger partial charge >= 0.3 is 6.61 Å². The van der Waals surface area contributed by atoms with Crippen molar-refractivity contribution >= 4 is 0 Å². The molecule has 1 aromatic carbocycles. The number of hydrogen-bond donors (Lipinski definition) is 1. The lowest BCUT2D eigenvalue weighted by Gasteiger charge is -2.41. The summed E-state index contributed by atoms with van der Waals surface area (Å²) in [6.07, 6.45) is 4.13. The molecule has 0 saturated carbocycles. The summed E-state index contributed by atoms with van der Waals surface area (Å²) >= 11 is 0. The maximum absolute atomic E-state index is 12.5. The predicted octanol–water partition coefficient (Wildman–Crippen LogP) is 2.71. The minimum Gasteiger partial charge on any atom is -0.434 e. The van der Waals surface area contributed by atoms with Crippen LogP contribution in [0.2, 0.25) is 0 Å². The Labute approximate surface area is 142 Å². The highest BCUT2D eigenvalue weighted by molar-refractivity contribution is 5.33. The molecule has 2 saturated heterocycles. The number of benzene rings is 1. The third-order valence-electron chi connectivity index (χ3n) is 4.93. The van der Waals surface area contributed by atoms with Crippen molar-refractivity contribution < 1.29 is 18.6 Å². The number of para-hydroxylation sites is 1. The molecule has 2 heterocycles. The van der Waals surface area contributed by atoms with E-state index < -0.39 is 12.2 Å². The fraction of sp³-hybridized carbons (Fsp3) is 0.667. The maximum Gasteiger partial charge on any atom is 0.387 e. The Hall–Kier alpha value is -1.24. The van der Waals surface area contributed by atoms with E-state index in [4.69, 9.17) is 0 Å². The first-order valence-electron chi connectivity index (χ1n) is 8.74. The molecule has 0 aromatic heterocycles. The van der Waals surface area contributed by atoms with Gasteiger partial charge in [0.25, 0.3) is 0 Å². The van der Waals surface area contributed by atoms with Gasteiger partial charge in [-0.3, -0.25) is 4.90 Å². The molecule has 1 unspecified atom stereocenters. The lowest BCUT2D eigenvalue weighted by molar-refractivity contribution is -0.0571. The SMILES string of the molecule is OC1(CN2CCCC2)CCCN(Cc2ccccc2OC(F)F)C1. The predicted molar refractivity (Wildman–Crippen MR) is 88.2 cm³/mol. The Kier molecular flexibility index (Phi) is 5.69. The monoisotopic (exact) mass is 340 g/mol. The molecule has 2 aliphatic heterocycles. The van der Waals surface area contributed by atoms with Gasteiger partial charge in [-0.05, 0) is 51.4 Å². The lowest BCUT2D eigenvalue weighted by Crippen LogP contribution is -2.53. The molecule has 4 nitrogen and oxygen atoms in total. The van der Waals surface area contributed by atoms with Crippen LogP contribution in [0.4, 0.5) is 8.78 Å². The van der Waals surface area contributed by atoms with Gasteiger partial charge in [0.1, 0.15) is 5.75 Å². The van der Waals surface area contributed by atoms with Crippen LogP contribution in [0.25, 0.3) is 0 Å². The smallest absolute Gasteiger partial charge is 0.387 e. The minimum atomic E-state index is -2.82. The van der Waals surface area contributed by atoms with Crippen LogP contribution in [0.15, 0.2) is 24.3 Å². The molecule has 6 heteroatoms. The van der Waals surface area contributed by atoms with Crippen LogP contribution in [0.3, 0.4) is 0 Å². The van der Waals surface area contributed by atoms with E-state index in [2.05, 4.69) is 14.5 Å². The zero-order chi connectivity index (χ0) is 17.0. The van der Waals surface area contributed by atoms with E-state index in [1.807, 2.05) is 12.1 Å². The summed E-state index contributed by atoms with van der Waals surface area (Å²) in [6, 6.07) is 6.91. The van der Waals surface area contributed by atoms with E-state index in [0.717, 1.165) is 38.0 Å². The van der Waals surface area contributed by atoms with E-state index in [0.29, 0.717) is 19.6 Å². The average molecular weight is 340 g/mol. The molecule has 3 rings (SSSR count). The summed E-state index contributed by atoms with van der Waals surface area (Å²) in [5.74, 6) is 0.223. The summed E-state index contributed by atoms with van der Waals surface area (Å²) in [4.78, 5) is 4.48. The molecule has 24 heavy (non-hydrogen) atoms. The van der Waals surface area contributed by atoms with Crippen LogP contribution >= 0.6 is 0 Å². The topological polar surface area (TPSA) is 35.9 Å². The van der Waals surface area contributed by atoms with Crippen LogP contribution < -0.4 is 4.74 Å². The molecule has 0 aliphatic carbocycles. The van der Waals surface area contributed by atoms with Crippen molar-refractivity contribution in [2.24, 2.45) is 0 Å². The van der Waals surface area contributed by atoms with Gasteiger partial charge in [0.05, 0.1) is 5.60 Å². The van der Waals surface area contributed by atoms with Crippen molar-refractivity contribution in [2.75, 3.05) is 32.7 Å². The van der Waals surface area contributed by atoms with Crippen LogP contribution in [0.5, 0.6) is 5.75 Å². The highest BCUT2D eigenvalue weighted by atomic mass is 19.3. The summed E-state index contributed by atoms with van der Waals surface area (Å²) in [7, 11) is 0. The van der Waals surface area contributed by atoms with Gasteiger partial charge < -0.3 is 14.7 Å². The summed E-state index contributed by atoms with van der Waals surface area (Å²) in [5, 5.41) is 11.0. The van der Waals surface area contributed by atoms with E-state index in [-0.39, 0.29) is 5.75 Å². The second-order valence-electron chi connectivity index (χ2n) is 7.01. The number of rotatable bonds is 6. The number of β-amino-alcohol motifs (C(OH)–C–C–N with tert-alkyl or cyclic N) is 1. The van der Waals surface area contributed by atoms with Gasteiger partial charge in [0.2, 0.25) is 0 Å². The van der Waals surface area contributed by atoms with Gasteiger partial charge in [0, 0.05) is 25.2 Å². The number of likely N-dealkylation sites (tertiary alicyclic amines) is 2. The maximum atomic E-state index is 12.5. The van der Waals surface area contributed by atoms with Crippen molar-refractivity contribution in [3.63, 3.8) is 0 Å². The standard InChI is InChI=1S/C18H26F2N2O2/c19-17(20)24-16-7-2-1-6-15(16)12-22-11-5-8-18(23,14-22)13-21-9-3-4-10-21/h1-2,6-7,17,23H,3-5,8-14H2. The molecule has 0 spiro atoms. The number of hydrogen-bond acceptors (Lipinski definition) is 4. The van der Waals surface area contributed by atoms with E-state index in [1.165, 1.54) is 12.8 Å². The summed E-state index contributed by atoms with van der Waals surface area (Å²) < 4.78 is 29.7. The number of ether oxygens (including phenoxy) is 1. The van der Waals surface area contributed by atoms with Crippen molar-refractivity contribution in [1.29, 1.82) is 0 Å². The molecule has 1 atom stereocenters. The van der Waals surface area contributed by atoms with E-state index in [1.54, 1.807) is 12.1 Å². The van der Waals surface area contributed by atoms with Gasteiger partial charge in [-0.1, -0.05) is 18.2 Å². The van der Waals surface area contributed by atoms with Gasteiger partial charge in [-0.15, -0.1) is 0 Å². The minimum absolute atomic E-state index is 0.223. The molecular weight excluding hydrogens is 314 g/mol. The molecule has 2 fully saturated rings. The number of aliphatic hydroxyl groups is 1. The quantitative estimate of drug-likeness (QED) is 0.864. The molecule has 0 amide bonds.